The monoisotopic (exact) mass is 273 g/mol. The summed E-state index contributed by atoms with van der Waals surface area (Å²) in [6, 6.07) is 10.8. The first-order chi connectivity index (χ1) is 9.22. The van der Waals surface area contributed by atoms with Gasteiger partial charge >= 0.3 is 0 Å². The summed E-state index contributed by atoms with van der Waals surface area (Å²) in [5.74, 6) is 0. The molecule has 1 atom stereocenters. The molecule has 19 heavy (non-hydrogen) atoms. The van der Waals surface area contributed by atoms with E-state index < -0.39 is 0 Å². The van der Waals surface area contributed by atoms with Crippen LogP contribution in [0.5, 0.6) is 0 Å². The molecule has 0 spiro atoms. The predicted molar refractivity (Wildman–Crippen MR) is 80.7 cm³/mol. The molecule has 1 aliphatic heterocycles. The molecule has 1 unspecified atom stereocenters. The number of aromatic nitrogens is 1. The lowest BCUT2D eigenvalue weighted by Gasteiger charge is -2.28. The average Bonchev–Trinajstić information content (AvgIpc) is 2.79. The van der Waals surface area contributed by atoms with E-state index in [0.29, 0.717) is 0 Å². The van der Waals surface area contributed by atoms with Gasteiger partial charge in [0.05, 0.1) is 17.2 Å². The van der Waals surface area contributed by atoms with Gasteiger partial charge in [0, 0.05) is 36.0 Å². The number of hydrogen-bond acceptors (Lipinski definition) is 4. The fourth-order valence-electron chi connectivity index (χ4n) is 2.47. The number of nitrogens with zero attached hydrogens (tertiary/aromatic N) is 2. The molecule has 0 amide bonds. The van der Waals surface area contributed by atoms with Crippen molar-refractivity contribution in [1.29, 1.82) is 0 Å². The van der Waals surface area contributed by atoms with E-state index in [0.717, 1.165) is 25.9 Å². The van der Waals surface area contributed by atoms with Crippen LogP contribution in [0.1, 0.15) is 22.5 Å². The maximum Gasteiger partial charge on any atom is 0.0947 e. The topological polar surface area (TPSA) is 42.1 Å². The van der Waals surface area contributed by atoms with Crippen LogP contribution in [0, 0.1) is 0 Å². The van der Waals surface area contributed by atoms with Crippen molar-refractivity contribution in [1.82, 2.24) is 4.98 Å². The van der Waals surface area contributed by atoms with Crippen LogP contribution in [0.3, 0.4) is 0 Å². The molecule has 2 aromatic rings. The molecule has 3 rings (SSSR count). The van der Waals surface area contributed by atoms with Gasteiger partial charge in [0.25, 0.3) is 0 Å². The van der Waals surface area contributed by atoms with Crippen molar-refractivity contribution in [3.8, 4) is 0 Å². The van der Waals surface area contributed by atoms with Crippen LogP contribution in [-0.2, 0) is 19.4 Å². The quantitative estimate of drug-likeness (QED) is 0.934. The van der Waals surface area contributed by atoms with Gasteiger partial charge in [-0.1, -0.05) is 18.2 Å². The molecule has 0 aliphatic carbocycles. The summed E-state index contributed by atoms with van der Waals surface area (Å²) in [4.78, 5) is 8.57. The highest BCUT2D eigenvalue weighted by atomic mass is 32.1. The second-order valence-corrected chi connectivity index (χ2v) is 6.33. The Kier molecular flexibility index (Phi) is 3.53. The van der Waals surface area contributed by atoms with Crippen molar-refractivity contribution in [3.63, 3.8) is 0 Å². The summed E-state index contributed by atoms with van der Waals surface area (Å²) in [6.07, 6.45) is 1.93. The molecule has 2 N–H and O–H groups in total. The third-order valence-electron chi connectivity index (χ3n) is 3.39. The van der Waals surface area contributed by atoms with Gasteiger partial charge in [0.1, 0.15) is 0 Å². The zero-order valence-electron chi connectivity index (χ0n) is 11.2. The number of nitrogens with two attached hydrogens (primary N) is 1. The molecule has 4 heteroatoms. The average molecular weight is 273 g/mol. The minimum absolute atomic E-state index is 0.192. The highest BCUT2D eigenvalue weighted by Crippen LogP contribution is 2.28. The van der Waals surface area contributed by atoms with Crippen molar-refractivity contribution in [2.24, 2.45) is 5.73 Å². The van der Waals surface area contributed by atoms with Gasteiger partial charge in [0.2, 0.25) is 0 Å². The zero-order valence-corrected chi connectivity index (χ0v) is 12.0. The summed E-state index contributed by atoms with van der Waals surface area (Å²) in [5.41, 5.74) is 8.44. The fourth-order valence-corrected chi connectivity index (χ4v) is 3.74. The highest BCUT2D eigenvalue weighted by Gasteiger charge is 2.20. The number of anilines is 1. The second-order valence-electron chi connectivity index (χ2n) is 5.17. The second kappa shape index (κ2) is 5.31. The molecule has 0 fully saturated rings. The minimum atomic E-state index is 0.192. The Labute approximate surface area is 118 Å². The van der Waals surface area contributed by atoms with Gasteiger partial charge in [-0.25, -0.2) is 4.98 Å². The van der Waals surface area contributed by atoms with E-state index in [9.17, 15) is 0 Å². The molecule has 1 aromatic carbocycles. The molecule has 3 nitrogen and oxygen atoms in total. The smallest absolute Gasteiger partial charge is 0.0947 e. The lowest BCUT2D eigenvalue weighted by molar-refractivity contribution is 0.711. The van der Waals surface area contributed by atoms with Crippen LogP contribution in [-0.4, -0.2) is 17.6 Å². The van der Waals surface area contributed by atoms with Gasteiger partial charge in [-0.05, 0) is 19.1 Å². The van der Waals surface area contributed by atoms with Crippen LogP contribution in [0.2, 0.25) is 0 Å². The van der Waals surface area contributed by atoms with Crippen LogP contribution >= 0.6 is 11.3 Å². The van der Waals surface area contributed by atoms with Crippen molar-refractivity contribution < 1.29 is 0 Å². The summed E-state index contributed by atoms with van der Waals surface area (Å²) < 4.78 is 0. The summed E-state index contributed by atoms with van der Waals surface area (Å²) in [7, 11) is 0. The van der Waals surface area contributed by atoms with Gasteiger partial charge < -0.3 is 10.6 Å². The van der Waals surface area contributed by atoms with E-state index in [1.165, 1.54) is 21.3 Å². The number of benzene rings is 1. The van der Waals surface area contributed by atoms with Crippen molar-refractivity contribution >= 4 is 17.0 Å². The largest absolute Gasteiger partial charge is 0.366 e. The Morgan fingerprint density at radius 2 is 2.16 bits per heavy atom. The molecule has 0 radical (unpaired) electrons. The van der Waals surface area contributed by atoms with Crippen LogP contribution in [0.4, 0.5) is 5.69 Å². The number of rotatable bonds is 3. The van der Waals surface area contributed by atoms with E-state index in [4.69, 9.17) is 10.7 Å². The Morgan fingerprint density at radius 1 is 1.37 bits per heavy atom. The van der Waals surface area contributed by atoms with E-state index in [-0.39, 0.29) is 6.04 Å². The highest BCUT2D eigenvalue weighted by molar-refractivity contribution is 7.11. The fraction of sp³-hybridized carbons (Fsp3) is 0.400. The molecular weight excluding hydrogens is 254 g/mol. The molecule has 0 saturated heterocycles. The minimum Gasteiger partial charge on any atom is -0.366 e. The van der Waals surface area contributed by atoms with Gasteiger partial charge in [0.15, 0.2) is 0 Å². The molecular formula is C15H19N3S. The number of para-hydroxylation sites is 1. The van der Waals surface area contributed by atoms with Gasteiger partial charge in [-0.2, -0.15) is 0 Å². The SMILES string of the molecule is CC(N)Cc1nc2c(s1)CN(c1ccccc1)CC2. The lowest BCUT2D eigenvalue weighted by Crippen LogP contribution is -2.29. The van der Waals surface area contributed by atoms with Crippen LogP contribution in [0.25, 0.3) is 0 Å². The molecule has 1 aromatic heterocycles. The first-order valence-corrected chi connectivity index (χ1v) is 7.57. The third-order valence-corrected chi connectivity index (χ3v) is 4.50. The Morgan fingerprint density at radius 3 is 2.89 bits per heavy atom. The molecule has 0 bridgehead atoms. The first-order valence-electron chi connectivity index (χ1n) is 6.75. The predicted octanol–water partition coefficient (Wildman–Crippen LogP) is 2.60. The molecule has 2 heterocycles. The summed E-state index contributed by atoms with van der Waals surface area (Å²) in [6.45, 7) is 4.07. The zero-order chi connectivity index (χ0) is 13.2. The van der Waals surface area contributed by atoms with Gasteiger partial charge in [-0.15, -0.1) is 11.3 Å². The third kappa shape index (κ3) is 2.80. The van der Waals surface area contributed by atoms with E-state index >= 15 is 0 Å². The van der Waals surface area contributed by atoms with Crippen molar-refractivity contribution in [2.45, 2.75) is 32.4 Å². The van der Waals surface area contributed by atoms with E-state index in [1.807, 2.05) is 18.3 Å². The summed E-state index contributed by atoms with van der Waals surface area (Å²) in [5, 5.41) is 1.19. The van der Waals surface area contributed by atoms with Crippen molar-refractivity contribution in [3.05, 3.63) is 45.9 Å². The number of thiazole rings is 1. The van der Waals surface area contributed by atoms with Crippen LogP contribution in [0.15, 0.2) is 30.3 Å². The molecule has 100 valence electrons. The van der Waals surface area contributed by atoms with Crippen LogP contribution < -0.4 is 10.6 Å². The maximum absolute atomic E-state index is 5.86. The first kappa shape index (κ1) is 12.6. The van der Waals surface area contributed by atoms with Gasteiger partial charge in [-0.3, -0.25) is 0 Å². The lowest BCUT2D eigenvalue weighted by atomic mass is 10.1. The van der Waals surface area contributed by atoms with E-state index in [1.54, 1.807) is 0 Å². The maximum atomic E-state index is 5.86. The molecule has 0 saturated carbocycles. The van der Waals surface area contributed by atoms with E-state index in [2.05, 4.69) is 35.2 Å². The normalized spacial score (nSPS) is 16.2. The standard InChI is InChI=1S/C15H19N3S/c1-11(16)9-15-17-13-7-8-18(10-14(13)19-15)12-5-3-2-4-6-12/h2-6,11H,7-10,16H2,1H3. The summed E-state index contributed by atoms with van der Waals surface area (Å²) >= 11 is 1.83. The number of fused-ring (bicyclic) bond motifs is 1. The Bertz CT molecular complexity index is 548. The molecule has 1 aliphatic rings. The Balaban J connectivity index is 1.78. The van der Waals surface area contributed by atoms with Crippen molar-refractivity contribution in [2.75, 3.05) is 11.4 Å². The number of hydrogen-bond donors (Lipinski definition) is 1. The Hall–Kier alpha value is -1.39.